The largest absolute Gasteiger partial charge is 0.392 e. The summed E-state index contributed by atoms with van der Waals surface area (Å²) in [4.78, 5) is 27.0. The third-order valence-electron chi connectivity index (χ3n) is 10.4. The van der Waals surface area contributed by atoms with Crippen LogP contribution in [0.3, 0.4) is 0 Å². The molecule has 0 saturated carbocycles. The molecule has 0 aliphatic heterocycles. The van der Waals surface area contributed by atoms with Gasteiger partial charge in [0.05, 0.1) is 0 Å². The molecule has 0 aliphatic carbocycles. The zero-order valence-electron chi connectivity index (χ0n) is 34.4. The fourth-order valence-corrected chi connectivity index (χ4v) is 6.73. The minimum absolute atomic E-state index is 0.174. The van der Waals surface area contributed by atoms with Gasteiger partial charge in [0.2, 0.25) is 0 Å². The topological polar surface area (TPSA) is 40.6 Å². The lowest BCUT2D eigenvalue weighted by atomic mass is 9.96. The van der Waals surface area contributed by atoms with Gasteiger partial charge < -0.3 is 9.80 Å². The van der Waals surface area contributed by atoms with Crippen LogP contribution in [0.15, 0.2) is 0 Å². The van der Waals surface area contributed by atoms with E-state index < -0.39 is 35.5 Å². The van der Waals surface area contributed by atoms with Crippen LogP contribution in [-0.4, -0.2) is 71.5 Å². The summed E-state index contributed by atoms with van der Waals surface area (Å²) < 4.78 is 123. The van der Waals surface area contributed by atoms with Crippen molar-refractivity contribution in [3.63, 3.8) is 0 Å². The molecule has 0 spiro atoms. The Labute approximate surface area is 323 Å². The molecule has 54 heavy (non-hydrogen) atoms. The van der Waals surface area contributed by atoms with Crippen LogP contribution in [0.25, 0.3) is 0 Å². The van der Waals surface area contributed by atoms with E-state index in [2.05, 4.69) is 0 Å². The Kier molecular flexibility index (Phi) is 28.7. The molecule has 12 heteroatoms. The van der Waals surface area contributed by atoms with Gasteiger partial charge in [0.25, 0.3) is 11.8 Å². The highest BCUT2D eigenvalue weighted by atomic mass is 19.4. The smallest absolute Gasteiger partial charge is 0.337 e. The third-order valence-corrected chi connectivity index (χ3v) is 10.4. The van der Waals surface area contributed by atoms with E-state index in [-0.39, 0.29) is 51.9 Å². The number of hydrogen-bond acceptors (Lipinski definition) is 2. The fraction of sp³-hybridized carbons (Fsp3) is 0.952. The lowest BCUT2D eigenvalue weighted by molar-refractivity contribution is -0.350. The van der Waals surface area contributed by atoms with Gasteiger partial charge >= 0.3 is 23.7 Å². The first-order valence-corrected chi connectivity index (χ1v) is 21.7. The molecule has 0 radical (unpaired) electrons. The standard InChI is InChI=1S/C42H76F8N2O2/c1-5-9-13-17-21-25-29-33-51(34-30-26-22-18-14-10-6-2)37(53)39(43,44)41(47,48)42(49,50)40(45,46)38(54)52(35-31-27-23-19-15-11-7-3)36-32-28-24-20-16-12-8-4/h5-36H2,1-4H3. The summed E-state index contributed by atoms with van der Waals surface area (Å²) in [5, 5.41) is 0. The Balaban J connectivity index is 6.01. The van der Waals surface area contributed by atoms with Crippen LogP contribution in [0.5, 0.6) is 0 Å². The van der Waals surface area contributed by atoms with E-state index >= 15 is 35.1 Å². The maximum absolute atomic E-state index is 15.4. The normalized spacial score (nSPS) is 12.7. The maximum Gasteiger partial charge on any atom is 0.392 e. The quantitative estimate of drug-likeness (QED) is 0.0464. The Morgan fingerprint density at radius 3 is 0.667 bits per heavy atom. The molecule has 0 N–H and O–H groups in total. The molecule has 0 aromatic rings. The molecule has 0 heterocycles. The van der Waals surface area contributed by atoms with Crippen LogP contribution < -0.4 is 0 Å². The lowest BCUT2D eigenvalue weighted by Gasteiger charge is -2.38. The first kappa shape index (κ1) is 52.4. The summed E-state index contributed by atoms with van der Waals surface area (Å²) >= 11 is 0. The summed E-state index contributed by atoms with van der Waals surface area (Å²) in [7, 11) is 0. The highest BCUT2D eigenvalue weighted by molar-refractivity contribution is 5.87. The zero-order chi connectivity index (χ0) is 40.9. The Morgan fingerprint density at radius 1 is 0.315 bits per heavy atom. The van der Waals surface area contributed by atoms with Gasteiger partial charge in [-0.2, -0.15) is 35.1 Å². The molecule has 2 amide bonds. The first-order valence-electron chi connectivity index (χ1n) is 21.7. The van der Waals surface area contributed by atoms with Crippen molar-refractivity contribution in [3.8, 4) is 0 Å². The maximum atomic E-state index is 15.4. The molecular formula is C42H76F8N2O2. The molecule has 322 valence electrons. The van der Waals surface area contributed by atoms with Gasteiger partial charge in [-0.25, -0.2) is 0 Å². The van der Waals surface area contributed by atoms with E-state index in [4.69, 9.17) is 0 Å². The molecule has 0 aromatic carbocycles. The van der Waals surface area contributed by atoms with Crippen LogP contribution in [0.1, 0.15) is 207 Å². The van der Waals surface area contributed by atoms with Crippen molar-refractivity contribution in [1.29, 1.82) is 0 Å². The third kappa shape index (κ3) is 18.5. The minimum Gasteiger partial charge on any atom is -0.337 e. The van der Waals surface area contributed by atoms with Crippen LogP contribution in [0.2, 0.25) is 0 Å². The van der Waals surface area contributed by atoms with Crippen LogP contribution in [0.4, 0.5) is 35.1 Å². The number of halogens is 8. The number of alkyl halides is 8. The van der Waals surface area contributed by atoms with E-state index in [0.717, 1.165) is 103 Å². The lowest BCUT2D eigenvalue weighted by Crippen LogP contribution is -2.69. The van der Waals surface area contributed by atoms with Crippen molar-refractivity contribution in [2.75, 3.05) is 26.2 Å². The number of carbonyl (C=O) groups is 2. The molecule has 0 unspecified atom stereocenters. The molecule has 0 bridgehead atoms. The predicted molar refractivity (Wildman–Crippen MR) is 205 cm³/mol. The van der Waals surface area contributed by atoms with Crippen molar-refractivity contribution in [2.45, 2.75) is 231 Å². The molecule has 0 atom stereocenters. The van der Waals surface area contributed by atoms with Crippen molar-refractivity contribution < 1.29 is 44.7 Å². The number of unbranched alkanes of at least 4 members (excludes halogenated alkanes) is 24. The van der Waals surface area contributed by atoms with Gasteiger partial charge in [-0.3, -0.25) is 9.59 Å². The summed E-state index contributed by atoms with van der Waals surface area (Å²) in [5.41, 5.74) is 0. The van der Waals surface area contributed by atoms with Crippen LogP contribution in [-0.2, 0) is 9.59 Å². The monoisotopic (exact) mass is 793 g/mol. The molecule has 0 aliphatic rings. The second kappa shape index (κ2) is 29.6. The number of nitrogens with zero attached hydrogens (tertiary/aromatic N) is 2. The van der Waals surface area contributed by atoms with E-state index in [1.807, 2.05) is 27.7 Å². The van der Waals surface area contributed by atoms with Crippen molar-refractivity contribution in [3.05, 3.63) is 0 Å². The van der Waals surface area contributed by atoms with Crippen LogP contribution >= 0.6 is 0 Å². The molecule has 4 nitrogen and oxygen atoms in total. The highest BCUT2D eigenvalue weighted by Gasteiger charge is 2.85. The van der Waals surface area contributed by atoms with Gasteiger partial charge in [-0.15, -0.1) is 0 Å². The summed E-state index contributed by atoms with van der Waals surface area (Å²) in [5.74, 6) is -31.3. The summed E-state index contributed by atoms with van der Waals surface area (Å²) in [6, 6.07) is 0. The Hall–Kier alpha value is -1.62. The predicted octanol–water partition coefficient (Wildman–Crippen LogP) is 14.2. The number of amides is 2. The van der Waals surface area contributed by atoms with E-state index in [1.165, 1.54) is 0 Å². The van der Waals surface area contributed by atoms with Gasteiger partial charge in [0, 0.05) is 26.2 Å². The molecular weight excluding hydrogens is 716 g/mol. The zero-order valence-corrected chi connectivity index (χ0v) is 34.4. The summed E-state index contributed by atoms with van der Waals surface area (Å²) in [6.45, 7) is 6.62. The van der Waals surface area contributed by atoms with E-state index in [0.29, 0.717) is 61.2 Å². The molecule has 0 rings (SSSR count). The number of rotatable bonds is 37. The summed E-state index contributed by atoms with van der Waals surface area (Å²) in [6.07, 6.45) is 20.9. The Morgan fingerprint density at radius 2 is 0.481 bits per heavy atom. The van der Waals surface area contributed by atoms with Gasteiger partial charge in [-0.05, 0) is 25.7 Å². The van der Waals surface area contributed by atoms with E-state index in [9.17, 15) is 9.59 Å². The second-order valence-electron chi connectivity index (χ2n) is 15.4. The minimum atomic E-state index is -6.85. The average Bonchev–Trinajstić information content (AvgIpc) is 3.13. The Bertz CT molecular complexity index is 841. The fourth-order valence-electron chi connectivity index (χ4n) is 6.73. The second-order valence-corrected chi connectivity index (χ2v) is 15.4. The first-order chi connectivity index (χ1) is 25.6. The van der Waals surface area contributed by atoms with Crippen molar-refractivity contribution in [1.82, 2.24) is 9.80 Å². The van der Waals surface area contributed by atoms with Crippen LogP contribution in [0, 0.1) is 0 Å². The van der Waals surface area contributed by atoms with Gasteiger partial charge in [0.1, 0.15) is 0 Å². The molecule has 0 saturated heterocycles. The van der Waals surface area contributed by atoms with Crippen molar-refractivity contribution >= 4 is 11.8 Å². The number of hydrogen-bond donors (Lipinski definition) is 0. The molecule has 0 aromatic heterocycles. The highest BCUT2D eigenvalue weighted by Crippen LogP contribution is 2.53. The number of carbonyl (C=O) groups excluding carboxylic acids is 2. The van der Waals surface area contributed by atoms with E-state index in [1.54, 1.807) is 0 Å². The van der Waals surface area contributed by atoms with Crippen molar-refractivity contribution in [2.24, 2.45) is 0 Å². The SMILES string of the molecule is CCCCCCCCCN(CCCCCCCCC)C(=O)C(F)(F)C(F)(F)C(F)(F)C(F)(F)C(=O)N(CCCCCCCCC)CCCCCCCCC. The van der Waals surface area contributed by atoms with Gasteiger partial charge in [-0.1, -0.05) is 182 Å². The average molecular weight is 793 g/mol. The molecule has 0 fully saturated rings. The van der Waals surface area contributed by atoms with Gasteiger partial charge in [0.15, 0.2) is 0 Å².